The third-order valence-corrected chi connectivity index (χ3v) is 4.02. The van der Waals surface area contributed by atoms with Gasteiger partial charge in [-0.3, -0.25) is 4.79 Å². The van der Waals surface area contributed by atoms with Crippen LogP contribution in [0.2, 0.25) is 5.02 Å². The van der Waals surface area contributed by atoms with Crippen molar-refractivity contribution in [2.24, 2.45) is 0 Å². The molecule has 6 nitrogen and oxygen atoms in total. The van der Waals surface area contributed by atoms with Crippen LogP contribution < -0.4 is 19.5 Å². The predicted octanol–water partition coefficient (Wildman–Crippen LogP) is 4.94. The quantitative estimate of drug-likeness (QED) is 0.610. The van der Waals surface area contributed by atoms with E-state index in [0.717, 1.165) is 0 Å². The van der Waals surface area contributed by atoms with E-state index in [4.69, 9.17) is 25.8 Å². The highest BCUT2D eigenvalue weighted by atomic mass is 35.5. The normalized spacial score (nSPS) is 11.4. The fourth-order valence-corrected chi connectivity index (χ4v) is 2.54. The summed E-state index contributed by atoms with van der Waals surface area (Å²) in [6.45, 7) is 1.65. The second-order valence-corrected chi connectivity index (χ2v) is 6.28. The number of nitrogens with zero attached hydrogens (tertiary/aromatic N) is 1. The van der Waals surface area contributed by atoms with E-state index in [-0.39, 0.29) is 11.8 Å². The van der Waals surface area contributed by atoms with Crippen LogP contribution in [0, 0.1) is 0 Å². The minimum Gasteiger partial charge on any atom is -0.497 e. The number of amides is 1. The number of pyridine rings is 1. The number of carbonyl (C=O) groups is 1. The summed E-state index contributed by atoms with van der Waals surface area (Å²) in [5.41, 5.74) is 0.435. The standard InChI is InChI=1S/C21H19ClN2O4/c1-14(27-18-6-3-5-15(22)13-18)20(25)24-19-7-4-12-23-21(19)28-17-10-8-16(26-2)9-11-17/h3-14H,1-2H3,(H,24,25). The van der Waals surface area contributed by atoms with Gasteiger partial charge in [-0.2, -0.15) is 0 Å². The Hall–Kier alpha value is -3.25. The lowest BCUT2D eigenvalue weighted by molar-refractivity contribution is -0.122. The molecule has 144 valence electrons. The number of nitrogens with one attached hydrogen (secondary N) is 1. The van der Waals surface area contributed by atoms with Crippen molar-refractivity contribution in [1.82, 2.24) is 4.98 Å². The molecular formula is C21H19ClN2O4. The molecule has 1 unspecified atom stereocenters. The number of anilines is 1. The van der Waals surface area contributed by atoms with Crippen molar-refractivity contribution >= 4 is 23.2 Å². The molecule has 1 aromatic heterocycles. The molecule has 0 saturated carbocycles. The Labute approximate surface area is 168 Å². The van der Waals surface area contributed by atoms with Crippen LogP contribution in [0.25, 0.3) is 0 Å². The average Bonchev–Trinajstić information content (AvgIpc) is 2.70. The van der Waals surface area contributed by atoms with Gasteiger partial charge >= 0.3 is 0 Å². The summed E-state index contributed by atoms with van der Waals surface area (Å²) in [5.74, 6) is 1.73. The molecule has 1 N–H and O–H groups in total. The van der Waals surface area contributed by atoms with Crippen LogP contribution in [-0.2, 0) is 4.79 Å². The first-order chi connectivity index (χ1) is 13.5. The highest BCUT2D eigenvalue weighted by molar-refractivity contribution is 6.30. The molecule has 1 heterocycles. The zero-order chi connectivity index (χ0) is 19.9. The molecule has 1 atom stereocenters. The van der Waals surface area contributed by atoms with E-state index >= 15 is 0 Å². The van der Waals surface area contributed by atoms with E-state index in [1.54, 1.807) is 80.9 Å². The molecule has 7 heteroatoms. The van der Waals surface area contributed by atoms with Crippen LogP contribution >= 0.6 is 11.6 Å². The van der Waals surface area contributed by atoms with Gasteiger partial charge in [0.2, 0.25) is 5.88 Å². The Bertz CT molecular complexity index is 947. The highest BCUT2D eigenvalue weighted by Gasteiger charge is 2.17. The molecule has 2 aromatic carbocycles. The van der Waals surface area contributed by atoms with Crippen molar-refractivity contribution in [3.8, 4) is 23.1 Å². The van der Waals surface area contributed by atoms with Crippen LogP contribution in [0.3, 0.4) is 0 Å². The number of hydrogen-bond donors (Lipinski definition) is 1. The lowest BCUT2D eigenvalue weighted by Gasteiger charge is -2.16. The molecule has 1 amide bonds. The van der Waals surface area contributed by atoms with Gasteiger partial charge in [-0.25, -0.2) is 4.98 Å². The molecule has 0 aliphatic rings. The van der Waals surface area contributed by atoms with E-state index in [1.807, 2.05) is 0 Å². The number of halogens is 1. The van der Waals surface area contributed by atoms with Crippen LogP contribution in [0.1, 0.15) is 6.92 Å². The smallest absolute Gasteiger partial charge is 0.265 e. The van der Waals surface area contributed by atoms with Gasteiger partial charge in [0, 0.05) is 11.2 Å². The van der Waals surface area contributed by atoms with E-state index < -0.39 is 6.10 Å². The number of rotatable bonds is 7. The molecule has 0 radical (unpaired) electrons. The van der Waals surface area contributed by atoms with E-state index in [0.29, 0.717) is 28.0 Å². The van der Waals surface area contributed by atoms with Crippen molar-refractivity contribution in [2.45, 2.75) is 13.0 Å². The maximum Gasteiger partial charge on any atom is 0.265 e. The first-order valence-electron chi connectivity index (χ1n) is 8.55. The summed E-state index contributed by atoms with van der Waals surface area (Å²) in [6.07, 6.45) is 0.841. The average molecular weight is 399 g/mol. The summed E-state index contributed by atoms with van der Waals surface area (Å²) < 4.78 is 16.6. The molecular weight excluding hydrogens is 380 g/mol. The molecule has 0 bridgehead atoms. The summed E-state index contributed by atoms with van der Waals surface area (Å²) >= 11 is 5.94. The summed E-state index contributed by atoms with van der Waals surface area (Å²) in [7, 11) is 1.59. The van der Waals surface area contributed by atoms with Gasteiger partial charge < -0.3 is 19.5 Å². The Morgan fingerprint density at radius 2 is 1.79 bits per heavy atom. The molecule has 0 aliphatic carbocycles. The minimum absolute atomic E-state index is 0.274. The number of hydrogen-bond acceptors (Lipinski definition) is 5. The fourth-order valence-electron chi connectivity index (χ4n) is 2.35. The summed E-state index contributed by atoms with van der Waals surface area (Å²) in [4.78, 5) is 16.7. The second kappa shape index (κ2) is 9.10. The van der Waals surface area contributed by atoms with Crippen LogP contribution in [0.15, 0.2) is 66.9 Å². The SMILES string of the molecule is COc1ccc(Oc2ncccc2NC(=O)C(C)Oc2cccc(Cl)c2)cc1. The topological polar surface area (TPSA) is 69.7 Å². The van der Waals surface area contributed by atoms with Gasteiger partial charge in [0.15, 0.2) is 6.10 Å². The van der Waals surface area contributed by atoms with Gasteiger partial charge in [-0.1, -0.05) is 17.7 Å². The largest absolute Gasteiger partial charge is 0.497 e. The number of ether oxygens (including phenoxy) is 3. The fraction of sp³-hybridized carbons (Fsp3) is 0.143. The molecule has 0 aliphatic heterocycles. The Balaban J connectivity index is 1.68. The minimum atomic E-state index is -0.743. The third-order valence-electron chi connectivity index (χ3n) is 3.78. The Morgan fingerprint density at radius 1 is 1.04 bits per heavy atom. The first-order valence-corrected chi connectivity index (χ1v) is 8.93. The van der Waals surface area contributed by atoms with Gasteiger partial charge in [0.1, 0.15) is 22.9 Å². The van der Waals surface area contributed by atoms with E-state index in [2.05, 4.69) is 10.3 Å². The van der Waals surface area contributed by atoms with Crippen molar-refractivity contribution in [3.63, 3.8) is 0 Å². The summed E-state index contributed by atoms with van der Waals surface area (Å²) in [5, 5.41) is 3.31. The molecule has 3 rings (SSSR count). The number of benzene rings is 2. The van der Waals surface area contributed by atoms with E-state index in [1.165, 1.54) is 0 Å². The maximum atomic E-state index is 12.5. The molecule has 0 spiro atoms. The monoisotopic (exact) mass is 398 g/mol. The van der Waals surface area contributed by atoms with Crippen molar-refractivity contribution in [2.75, 3.05) is 12.4 Å². The maximum absolute atomic E-state index is 12.5. The number of carbonyl (C=O) groups excluding carboxylic acids is 1. The van der Waals surface area contributed by atoms with Crippen molar-refractivity contribution < 1.29 is 19.0 Å². The van der Waals surface area contributed by atoms with Gasteiger partial charge in [-0.05, 0) is 61.5 Å². The number of aromatic nitrogens is 1. The molecule has 28 heavy (non-hydrogen) atoms. The highest BCUT2D eigenvalue weighted by Crippen LogP contribution is 2.28. The van der Waals surface area contributed by atoms with Crippen molar-refractivity contribution in [1.29, 1.82) is 0 Å². The molecule has 0 saturated heterocycles. The van der Waals surface area contributed by atoms with Crippen LogP contribution in [-0.4, -0.2) is 24.1 Å². The van der Waals surface area contributed by atoms with Gasteiger partial charge in [0.25, 0.3) is 5.91 Å². The van der Waals surface area contributed by atoms with Crippen LogP contribution in [0.4, 0.5) is 5.69 Å². The summed E-state index contributed by atoms with van der Waals surface area (Å²) in [6, 6.07) is 17.3. The lowest BCUT2D eigenvalue weighted by Crippen LogP contribution is -2.30. The second-order valence-electron chi connectivity index (χ2n) is 5.84. The van der Waals surface area contributed by atoms with Gasteiger partial charge in [-0.15, -0.1) is 0 Å². The van der Waals surface area contributed by atoms with Gasteiger partial charge in [0.05, 0.1) is 7.11 Å². The zero-order valence-corrected chi connectivity index (χ0v) is 16.1. The predicted molar refractivity (Wildman–Crippen MR) is 107 cm³/mol. The van der Waals surface area contributed by atoms with Crippen LogP contribution in [0.5, 0.6) is 23.1 Å². The van der Waals surface area contributed by atoms with E-state index in [9.17, 15) is 4.79 Å². The zero-order valence-electron chi connectivity index (χ0n) is 15.4. The Morgan fingerprint density at radius 3 is 2.50 bits per heavy atom. The lowest BCUT2D eigenvalue weighted by atomic mass is 10.3. The first kappa shape index (κ1) is 19.5. The Kier molecular flexibility index (Phi) is 6.34. The third kappa shape index (κ3) is 5.14. The molecule has 0 fully saturated rings. The number of methoxy groups -OCH3 is 1. The molecule has 3 aromatic rings. The van der Waals surface area contributed by atoms with Crippen molar-refractivity contribution in [3.05, 3.63) is 71.9 Å².